The zero-order valence-electron chi connectivity index (χ0n) is 14.1. The average molecular weight is 333 g/mol. The van der Waals surface area contributed by atoms with Gasteiger partial charge in [-0.2, -0.15) is 0 Å². The summed E-state index contributed by atoms with van der Waals surface area (Å²) in [5, 5.41) is 2.70. The first-order chi connectivity index (χ1) is 11.6. The lowest BCUT2D eigenvalue weighted by Gasteiger charge is -2.34. The molecule has 5 nitrogen and oxygen atoms in total. The topological polar surface area (TPSA) is 52.6 Å². The maximum atomic E-state index is 14.3. The lowest BCUT2D eigenvalue weighted by molar-refractivity contribution is -0.117. The van der Waals surface area contributed by atoms with Crippen LogP contribution in [0.1, 0.15) is 36.5 Å². The molecule has 1 aliphatic carbocycles. The number of anilines is 1. The number of nitrogens with one attached hydrogen (secondary N) is 1. The number of nitrogens with zero attached hydrogens (tertiary/aromatic N) is 2. The van der Waals surface area contributed by atoms with Crippen LogP contribution < -0.4 is 5.32 Å². The summed E-state index contributed by atoms with van der Waals surface area (Å²) in [7, 11) is 0. The van der Waals surface area contributed by atoms with E-state index >= 15 is 0 Å². The van der Waals surface area contributed by atoms with Crippen molar-refractivity contribution in [3.8, 4) is 0 Å². The molecule has 1 saturated heterocycles. The molecule has 2 amide bonds. The Hall–Kier alpha value is -1.95. The summed E-state index contributed by atoms with van der Waals surface area (Å²) in [6, 6.07) is 4.31. The van der Waals surface area contributed by atoms with Crippen LogP contribution in [0.15, 0.2) is 18.2 Å². The van der Waals surface area contributed by atoms with E-state index in [9.17, 15) is 14.0 Å². The highest BCUT2D eigenvalue weighted by Gasteiger charge is 2.30. The second-order valence-electron chi connectivity index (χ2n) is 6.59. The van der Waals surface area contributed by atoms with Crippen molar-refractivity contribution in [2.75, 3.05) is 38.0 Å². The molecule has 1 aromatic rings. The van der Waals surface area contributed by atoms with Crippen molar-refractivity contribution in [3.05, 3.63) is 29.6 Å². The van der Waals surface area contributed by atoms with Gasteiger partial charge < -0.3 is 10.2 Å². The van der Waals surface area contributed by atoms with E-state index in [1.807, 2.05) is 0 Å². The van der Waals surface area contributed by atoms with Crippen molar-refractivity contribution in [1.82, 2.24) is 9.80 Å². The van der Waals surface area contributed by atoms with Crippen molar-refractivity contribution in [2.45, 2.75) is 26.2 Å². The van der Waals surface area contributed by atoms with Crippen molar-refractivity contribution in [2.24, 2.45) is 5.92 Å². The maximum Gasteiger partial charge on any atom is 0.256 e. The lowest BCUT2D eigenvalue weighted by Crippen LogP contribution is -2.48. The number of hydrogen-bond acceptors (Lipinski definition) is 3. The van der Waals surface area contributed by atoms with Crippen molar-refractivity contribution in [1.29, 1.82) is 0 Å². The molecular weight excluding hydrogens is 309 g/mol. The average Bonchev–Trinajstić information content (AvgIpc) is 3.40. The SMILES string of the molecule is CCCN1CCN(C(=O)c2ccc(NC(=O)C3CC3)cc2F)CC1. The Bertz CT molecular complexity index is 623. The molecule has 0 radical (unpaired) electrons. The molecule has 2 fully saturated rings. The van der Waals surface area contributed by atoms with E-state index in [1.54, 1.807) is 11.0 Å². The normalized spacial score (nSPS) is 18.5. The van der Waals surface area contributed by atoms with Crippen LogP contribution in [0.4, 0.5) is 10.1 Å². The smallest absolute Gasteiger partial charge is 0.256 e. The van der Waals surface area contributed by atoms with Crippen molar-refractivity contribution in [3.63, 3.8) is 0 Å². The van der Waals surface area contributed by atoms with Gasteiger partial charge in [0.05, 0.1) is 5.56 Å². The van der Waals surface area contributed by atoms with Gasteiger partial charge in [0.1, 0.15) is 5.82 Å². The monoisotopic (exact) mass is 333 g/mol. The fraction of sp³-hybridized carbons (Fsp3) is 0.556. The van der Waals surface area contributed by atoms with Crippen molar-refractivity contribution >= 4 is 17.5 Å². The molecule has 0 aromatic heterocycles. The van der Waals surface area contributed by atoms with E-state index in [-0.39, 0.29) is 23.3 Å². The third-order valence-corrected chi connectivity index (χ3v) is 4.61. The molecule has 6 heteroatoms. The fourth-order valence-corrected chi connectivity index (χ4v) is 3.02. The van der Waals surface area contributed by atoms with Crippen LogP contribution in [0.25, 0.3) is 0 Å². The molecule has 1 aromatic carbocycles. The van der Waals surface area contributed by atoms with Gasteiger partial charge in [-0.25, -0.2) is 4.39 Å². The molecule has 1 aliphatic heterocycles. The second-order valence-corrected chi connectivity index (χ2v) is 6.59. The molecule has 24 heavy (non-hydrogen) atoms. The first kappa shape index (κ1) is 16.9. The largest absolute Gasteiger partial charge is 0.336 e. The Balaban J connectivity index is 1.61. The van der Waals surface area contributed by atoms with Crippen LogP contribution in [-0.4, -0.2) is 54.3 Å². The highest BCUT2D eigenvalue weighted by molar-refractivity contribution is 5.97. The fourth-order valence-electron chi connectivity index (χ4n) is 3.02. The number of piperazine rings is 1. The molecule has 1 saturated carbocycles. The van der Waals surface area contributed by atoms with Gasteiger partial charge in [0.15, 0.2) is 0 Å². The maximum absolute atomic E-state index is 14.3. The number of benzene rings is 1. The summed E-state index contributed by atoms with van der Waals surface area (Å²) in [5.74, 6) is -0.859. The quantitative estimate of drug-likeness (QED) is 0.900. The van der Waals surface area contributed by atoms with E-state index in [2.05, 4.69) is 17.1 Å². The predicted molar refractivity (Wildman–Crippen MR) is 90.4 cm³/mol. The van der Waals surface area contributed by atoms with E-state index in [1.165, 1.54) is 12.1 Å². The predicted octanol–water partition coefficient (Wildman–Crippen LogP) is 2.34. The minimum atomic E-state index is -0.579. The molecule has 1 heterocycles. The van der Waals surface area contributed by atoms with Gasteiger partial charge in [0.2, 0.25) is 5.91 Å². The molecule has 130 valence electrons. The van der Waals surface area contributed by atoms with E-state index in [4.69, 9.17) is 0 Å². The minimum absolute atomic E-state index is 0.0637. The van der Waals surface area contributed by atoms with Crippen LogP contribution in [0.3, 0.4) is 0 Å². The van der Waals surface area contributed by atoms with E-state index in [0.29, 0.717) is 18.8 Å². The zero-order chi connectivity index (χ0) is 17.1. The first-order valence-electron chi connectivity index (χ1n) is 8.70. The number of carbonyl (C=O) groups is 2. The highest BCUT2D eigenvalue weighted by Crippen LogP contribution is 2.30. The molecule has 1 N–H and O–H groups in total. The molecule has 0 spiro atoms. The van der Waals surface area contributed by atoms with Crippen LogP contribution in [-0.2, 0) is 4.79 Å². The molecule has 0 atom stereocenters. The van der Waals surface area contributed by atoms with Gasteiger partial charge in [0.25, 0.3) is 5.91 Å². The number of rotatable bonds is 5. The lowest BCUT2D eigenvalue weighted by atomic mass is 10.1. The summed E-state index contributed by atoms with van der Waals surface area (Å²) in [6.45, 7) is 6.08. The standard InChI is InChI=1S/C18H24FN3O2/c1-2-7-21-8-10-22(11-9-21)18(24)15-6-5-14(12-16(15)19)20-17(23)13-3-4-13/h5-6,12-13H,2-4,7-11H2,1H3,(H,20,23). The molecule has 0 unspecified atom stereocenters. The van der Waals surface area contributed by atoms with Crippen LogP contribution in [0, 0.1) is 11.7 Å². The van der Waals surface area contributed by atoms with Gasteiger partial charge >= 0.3 is 0 Å². The third-order valence-electron chi connectivity index (χ3n) is 4.61. The van der Waals surface area contributed by atoms with Crippen molar-refractivity contribution < 1.29 is 14.0 Å². The van der Waals surface area contributed by atoms with Gasteiger partial charge in [-0.3, -0.25) is 14.5 Å². The van der Waals surface area contributed by atoms with Crippen LogP contribution in [0.5, 0.6) is 0 Å². The summed E-state index contributed by atoms with van der Waals surface area (Å²) in [5.41, 5.74) is 0.483. The number of amides is 2. The molecule has 0 bridgehead atoms. The van der Waals surface area contributed by atoms with Gasteiger partial charge in [-0.1, -0.05) is 6.92 Å². The summed E-state index contributed by atoms with van der Waals surface area (Å²) >= 11 is 0. The van der Waals surface area contributed by atoms with Crippen LogP contribution >= 0.6 is 0 Å². The Kier molecular flexibility index (Phi) is 5.14. The first-order valence-corrected chi connectivity index (χ1v) is 8.70. The second kappa shape index (κ2) is 7.30. The Labute approximate surface area is 141 Å². The molecular formula is C18H24FN3O2. The zero-order valence-corrected chi connectivity index (χ0v) is 14.1. The summed E-state index contributed by atoms with van der Waals surface area (Å²) in [6.07, 6.45) is 2.89. The minimum Gasteiger partial charge on any atom is -0.336 e. The molecule has 2 aliphatic rings. The number of hydrogen-bond donors (Lipinski definition) is 1. The highest BCUT2D eigenvalue weighted by atomic mass is 19.1. The van der Waals surface area contributed by atoms with Gasteiger partial charge in [-0.15, -0.1) is 0 Å². The van der Waals surface area contributed by atoms with Gasteiger partial charge in [-0.05, 0) is 44.0 Å². The summed E-state index contributed by atoms with van der Waals surface area (Å²) in [4.78, 5) is 28.3. The Morgan fingerprint density at radius 2 is 1.92 bits per heavy atom. The Morgan fingerprint density at radius 1 is 1.21 bits per heavy atom. The summed E-state index contributed by atoms with van der Waals surface area (Å²) < 4.78 is 14.3. The third kappa shape index (κ3) is 3.93. The number of halogens is 1. The Morgan fingerprint density at radius 3 is 2.50 bits per heavy atom. The van der Waals surface area contributed by atoms with Crippen LogP contribution in [0.2, 0.25) is 0 Å². The number of carbonyl (C=O) groups excluding carboxylic acids is 2. The molecule has 3 rings (SSSR count). The van der Waals surface area contributed by atoms with Gasteiger partial charge in [0, 0.05) is 37.8 Å². The van der Waals surface area contributed by atoms with E-state index in [0.717, 1.165) is 38.9 Å². The van der Waals surface area contributed by atoms with E-state index < -0.39 is 5.82 Å².